The normalized spacial score (nSPS) is 17.6. The molecule has 2 N–H and O–H groups in total. The Balaban J connectivity index is 1.25. The van der Waals surface area contributed by atoms with Crippen LogP contribution in [0.5, 0.6) is 0 Å². The van der Waals surface area contributed by atoms with Crippen molar-refractivity contribution in [2.24, 2.45) is 0 Å². The summed E-state index contributed by atoms with van der Waals surface area (Å²) in [6, 6.07) is 4.47. The monoisotopic (exact) mass is 513 g/mol. The molecule has 0 unspecified atom stereocenters. The number of thiophene rings is 1. The molecule has 2 aromatic heterocycles. The number of nitrogens with zero attached hydrogens (tertiary/aromatic N) is 3. The minimum absolute atomic E-state index is 0.0287. The lowest BCUT2D eigenvalue weighted by atomic mass is 10.0. The largest absolute Gasteiger partial charge is 0.352 e. The van der Waals surface area contributed by atoms with Crippen LogP contribution in [0.3, 0.4) is 0 Å². The highest BCUT2D eigenvalue weighted by molar-refractivity contribution is 7.07. The second-order valence-corrected chi connectivity index (χ2v) is 10.9. The Morgan fingerprint density at radius 3 is 2.61 bits per heavy atom. The van der Waals surface area contributed by atoms with Gasteiger partial charge in [0.2, 0.25) is 0 Å². The molecule has 2 aromatic rings. The number of likely N-dealkylation sites (tertiary alicyclic amines) is 1. The standard InChI is InChI=1S/C27H39N5O3S/c1-18-15-24(22-5-6-22)29-20(3)25(18)26(33)28-11-7-19(2)31-12-8-23(9-13-31)32(27(34)30-35-4)16-21-10-14-36-17-21/h10,14-15,17,19,22-23H,5-9,11-13,16H2,1-4H3,(H,28,33)(H,30,34)/t19-/m1/s1. The summed E-state index contributed by atoms with van der Waals surface area (Å²) < 4.78 is 0. The molecular weight excluding hydrogens is 474 g/mol. The maximum absolute atomic E-state index is 12.9. The van der Waals surface area contributed by atoms with Crippen molar-refractivity contribution >= 4 is 23.3 Å². The molecule has 2 fully saturated rings. The number of hydrogen-bond donors (Lipinski definition) is 2. The highest BCUT2D eigenvalue weighted by Crippen LogP contribution is 2.39. The van der Waals surface area contributed by atoms with E-state index in [9.17, 15) is 9.59 Å². The van der Waals surface area contributed by atoms with E-state index in [4.69, 9.17) is 9.82 Å². The van der Waals surface area contributed by atoms with E-state index in [1.165, 1.54) is 20.0 Å². The van der Waals surface area contributed by atoms with Crippen LogP contribution in [0.1, 0.15) is 77.8 Å². The fraction of sp³-hybridized carbons (Fsp3) is 0.593. The summed E-state index contributed by atoms with van der Waals surface area (Å²) in [5.74, 6) is 0.556. The minimum Gasteiger partial charge on any atom is -0.352 e. The van der Waals surface area contributed by atoms with Gasteiger partial charge in [0.05, 0.1) is 18.4 Å². The Labute approximate surface area is 218 Å². The third-order valence-electron chi connectivity index (χ3n) is 7.43. The lowest BCUT2D eigenvalue weighted by Crippen LogP contribution is -2.51. The molecule has 196 valence electrons. The van der Waals surface area contributed by atoms with Crippen LogP contribution < -0.4 is 10.8 Å². The van der Waals surface area contributed by atoms with E-state index in [2.05, 4.69) is 40.1 Å². The number of pyridine rings is 1. The van der Waals surface area contributed by atoms with Crippen molar-refractivity contribution < 1.29 is 14.4 Å². The number of hydroxylamine groups is 1. The zero-order valence-electron chi connectivity index (χ0n) is 21.9. The molecule has 0 aromatic carbocycles. The van der Waals surface area contributed by atoms with Gasteiger partial charge in [-0.15, -0.1) is 0 Å². The molecule has 3 heterocycles. The number of hydrogen-bond acceptors (Lipinski definition) is 6. The van der Waals surface area contributed by atoms with Crippen LogP contribution in [0.4, 0.5) is 4.79 Å². The number of carbonyl (C=O) groups is 2. The smallest absolute Gasteiger partial charge is 0.341 e. The Morgan fingerprint density at radius 1 is 1.25 bits per heavy atom. The first-order chi connectivity index (χ1) is 17.4. The third-order valence-corrected chi connectivity index (χ3v) is 8.17. The minimum atomic E-state index is -0.192. The molecule has 1 atom stereocenters. The SMILES string of the molecule is CONC(=O)N(Cc1ccsc1)C1CCN([C@H](C)CCNC(=O)c2c(C)cc(C3CC3)nc2C)CC1. The first-order valence-corrected chi connectivity index (χ1v) is 13.9. The summed E-state index contributed by atoms with van der Waals surface area (Å²) in [7, 11) is 1.46. The van der Waals surface area contributed by atoms with Gasteiger partial charge in [0, 0.05) is 49.9 Å². The van der Waals surface area contributed by atoms with Crippen LogP contribution in [0, 0.1) is 13.8 Å². The van der Waals surface area contributed by atoms with Gasteiger partial charge < -0.3 is 15.1 Å². The fourth-order valence-corrected chi connectivity index (χ4v) is 5.85. The van der Waals surface area contributed by atoms with Gasteiger partial charge in [0.15, 0.2) is 0 Å². The molecular formula is C27H39N5O3S. The van der Waals surface area contributed by atoms with Crippen LogP contribution >= 0.6 is 11.3 Å². The highest BCUT2D eigenvalue weighted by Gasteiger charge is 2.30. The summed E-state index contributed by atoms with van der Waals surface area (Å²) in [6.45, 7) is 9.22. The van der Waals surface area contributed by atoms with Crippen LogP contribution in [-0.2, 0) is 11.4 Å². The van der Waals surface area contributed by atoms with Gasteiger partial charge in [-0.2, -0.15) is 11.3 Å². The molecule has 9 heteroatoms. The van der Waals surface area contributed by atoms with Crippen molar-refractivity contribution in [3.8, 4) is 0 Å². The number of carbonyl (C=O) groups excluding carboxylic acids is 2. The summed E-state index contributed by atoms with van der Waals surface area (Å²) in [5.41, 5.74) is 7.32. The van der Waals surface area contributed by atoms with Crippen molar-refractivity contribution in [2.75, 3.05) is 26.7 Å². The Kier molecular flexibility index (Phi) is 8.98. The Morgan fingerprint density at radius 2 is 2.00 bits per heavy atom. The molecule has 3 amide bonds. The van der Waals surface area contributed by atoms with E-state index in [-0.39, 0.29) is 18.0 Å². The van der Waals surface area contributed by atoms with E-state index in [0.29, 0.717) is 30.6 Å². The molecule has 4 rings (SSSR count). The van der Waals surface area contributed by atoms with E-state index in [0.717, 1.165) is 54.9 Å². The number of amides is 3. The molecule has 1 saturated carbocycles. The number of aryl methyl sites for hydroxylation is 2. The van der Waals surface area contributed by atoms with Gasteiger partial charge in [-0.25, -0.2) is 10.3 Å². The van der Waals surface area contributed by atoms with Gasteiger partial charge in [0.1, 0.15) is 0 Å². The Hall–Kier alpha value is -2.49. The molecule has 0 bridgehead atoms. The topological polar surface area (TPSA) is 86.8 Å². The van der Waals surface area contributed by atoms with Gasteiger partial charge in [0.25, 0.3) is 5.91 Å². The predicted molar refractivity (Wildman–Crippen MR) is 142 cm³/mol. The molecule has 0 spiro atoms. The Bertz CT molecular complexity index is 1010. The summed E-state index contributed by atoms with van der Waals surface area (Å²) >= 11 is 1.64. The van der Waals surface area contributed by atoms with E-state index >= 15 is 0 Å². The van der Waals surface area contributed by atoms with Gasteiger partial charge in [-0.3, -0.25) is 14.6 Å². The summed E-state index contributed by atoms with van der Waals surface area (Å²) in [5, 5.41) is 7.23. The van der Waals surface area contributed by atoms with E-state index in [1.54, 1.807) is 11.3 Å². The summed E-state index contributed by atoms with van der Waals surface area (Å²) in [6.07, 6.45) is 5.12. The fourth-order valence-electron chi connectivity index (χ4n) is 5.19. The quantitative estimate of drug-likeness (QED) is 0.461. The van der Waals surface area contributed by atoms with Gasteiger partial charge >= 0.3 is 6.03 Å². The zero-order chi connectivity index (χ0) is 25.7. The van der Waals surface area contributed by atoms with Crippen molar-refractivity contribution in [1.82, 2.24) is 25.6 Å². The second-order valence-electron chi connectivity index (χ2n) is 10.1. The van der Waals surface area contributed by atoms with Crippen molar-refractivity contribution in [3.05, 3.63) is 51.0 Å². The first-order valence-electron chi connectivity index (χ1n) is 13.0. The zero-order valence-corrected chi connectivity index (χ0v) is 22.7. The first kappa shape index (κ1) is 26.6. The number of nitrogens with one attached hydrogen (secondary N) is 2. The van der Waals surface area contributed by atoms with Crippen LogP contribution in [0.2, 0.25) is 0 Å². The predicted octanol–water partition coefficient (Wildman–Crippen LogP) is 4.38. The maximum atomic E-state index is 12.9. The maximum Gasteiger partial charge on any atom is 0.341 e. The lowest BCUT2D eigenvalue weighted by Gasteiger charge is -2.40. The van der Waals surface area contributed by atoms with E-state index < -0.39 is 0 Å². The number of aromatic nitrogens is 1. The number of urea groups is 1. The molecule has 1 saturated heterocycles. The summed E-state index contributed by atoms with van der Waals surface area (Å²) in [4.78, 5) is 39.5. The lowest BCUT2D eigenvalue weighted by molar-refractivity contribution is 0.0565. The van der Waals surface area contributed by atoms with Crippen LogP contribution in [0.15, 0.2) is 22.9 Å². The molecule has 36 heavy (non-hydrogen) atoms. The molecule has 0 radical (unpaired) electrons. The third kappa shape index (κ3) is 6.63. The van der Waals surface area contributed by atoms with Gasteiger partial charge in [-0.05, 0) is 86.9 Å². The van der Waals surface area contributed by atoms with Crippen molar-refractivity contribution in [3.63, 3.8) is 0 Å². The van der Waals surface area contributed by atoms with Crippen LogP contribution in [0.25, 0.3) is 0 Å². The number of piperidine rings is 1. The van der Waals surface area contributed by atoms with Gasteiger partial charge in [-0.1, -0.05) is 0 Å². The number of rotatable bonds is 10. The van der Waals surface area contributed by atoms with Crippen molar-refractivity contribution in [2.45, 2.75) is 77.4 Å². The molecule has 1 aliphatic carbocycles. The van der Waals surface area contributed by atoms with Crippen LogP contribution in [-0.4, -0.2) is 65.5 Å². The highest BCUT2D eigenvalue weighted by atomic mass is 32.1. The molecule has 2 aliphatic rings. The molecule has 8 nitrogen and oxygen atoms in total. The average molecular weight is 514 g/mol. The molecule has 1 aliphatic heterocycles. The average Bonchev–Trinajstić information content (AvgIpc) is 3.58. The van der Waals surface area contributed by atoms with Crippen molar-refractivity contribution in [1.29, 1.82) is 0 Å². The van der Waals surface area contributed by atoms with E-state index in [1.807, 2.05) is 24.1 Å². The second kappa shape index (κ2) is 12.2.